The van der Waals surface area contributed by atoms with Gasteiger partial charge in [-0.25, -0.2) is 0 Å². The van der Waals surface area contributed by atoms with Crippen LogP contribution in [0.2, 0.25) is 0 Å². The number of ether oxygens (including phenoxy) is 1. The lowest BCUT2D eigenvalue weighted by molar-refractivity contribution is 0.197. The fraction of sp³-hybridized carbons (Fsp3) is 0.412. The normalized spacial score (nSPS) is 11.3. The number of nitrogens with zero attached hydrogens (tertiary/aromatic N) is 1. The average molecular weight is 272 g/mol. The van der Waals surface area contributed by atoms with Crippen LogP contribution in [0.1, 0.15) is 5.56 Å². The lowest BCUT2D eigenvalue weighted by Gasteiger charge is -2.18. The second-order valence-corrected chi connectivity index (χ2v) is 5.12. The molecule has 2 aromatic rings. The third kappa shape index (κ3) is 4.30. The molecule has 0 fully saturated rings. The van der Waals surface area contributed by atoms with Crippen molar-refractivity contribution in [3.8, 4) is 0 Å². The van der Waals surface area contributed by atoms with Gasteiger partial charge in [0.2, 0.25) is 0 Å². The van der Waals surface area contributed by atoms with E-state index in [1.54, 1.807) is 7.11 Å². The highest BCUT2D eigenvalue weighted by molar-refractivity contribution is 5.85. The van der Waals surface area contributed by atoms with Crippen molar-refractivity contribution >= 4 is 10.8 Å². The number of methoxy groups -OCH3 is 1. The van der Waals surface area contributed by atoms with Crippen LogP contribution in [0.15, 0.2) is 42.5 Å². The fourth-order valence-electron chi connectivity index (χ4n) is 2.37. The van der Waals surface area contributed by atoms with Crippen molar-refractivity contribution in [3.05, 3.63) is 48.0 Å². The lowest BCUT2D eigenvalue weighted by atomic mass is 10.0. The molecule has 0 amide bonds. The minimum absolute atomic E-state index is 0.771. The lowest BCUT2D eigenvalue weighted by Crippen LogP contribution is -2.30. The number of rotatable bonds is 8. The van der Waals surface area contributed by atoms with Crippen molar-refractivity contribution in [2.24, 2.45) is 0 Å². The molecular weight excluding hydrogens is 248 g/mol. The van der Waals surface area contributed by atoms with Gasteiger partial charge in [-0.3, -0.25) is 0 Å². The van der Waals surface area contributed by atoms with Crippen LogP contribution >= 0.6 is 0 Å². The molecule has 20 heavy (non-hydrogen) atoms. The van der Waals surface area contributed by atoms with E-state index in [4.69, 9.17) is 4.74 Å². The van der Waals surface area contributed by atoms with Crippen molar-refractivity contribution < 1.29 is 4.74 Å². The number of hydrogen-bond donors (Lipinski definition) is 1. The highest BCUT2D eigenvalue weighted by atomic mass is 16.5. The van der Waals surface area contributed by atoms with Crippen molar-refractivity contribution in [2.75, 3.05) is 40.4 Å². The molecule has 3 heteroatoms. The molecule has 0 aliphatic heterocycles. The molecule has 0 aliphatic rings. The van der Waals surface area contributed by atoms with E-state index in [-0.39, 0.29) is 0 Å². The molecule has 0 aromatic heterocycles. The van der Waals surface area contributed by atoms with E-state index in [0.29, 0.717) is 0 Å². The Morgan fingerprint density at radius 2 is 1.85 bits per heavy atom. The quantitative estimate of drug-likeness (QED) is 0.747. The number of fused-ring (bicyclic) bond motifs is 1. The predicted octanol–water partition coefficient (Wildman–Crippen LogP) is 2.51. The van der Waals surface area contributed by atoms with E-state index < -0.39 is 0 Å². The molecule has 0 bridgehead atoms. The van der Waals surface area contributed by atoms with Gasteiger partial charge in [0, 0.05) is 33.3 Å². The Bertz CT molecular complexity index is 522. The summed E-state index contributed by atoms with van der Waals surface area (Å²) in [4.78, 5) is 2.35. The number of nitrogens with one attached hydrogen (secondary N) is 1. The average Bonchev–Trinajstić information content (AvgIpc) is 2.47. The van der Waals surface area contributed by atoms with Crippen LogP contribution in [0.25, 0.3) is 10.8 Å². The zero-order valence-corrected chi connectivity index (χ0v) is 12.4. The summed E-state index contributed by atoms with van der Waals surface area (Å²) in [6.07, 6.45) is 0. The standard InChI is InChI=1S/C17H24N2O/c1-19(12-10-18-11-13-20-2)14-16-8-5-7-15-6-3-4-9-17(15)16/h3-9,18H,10-14H2,1-2H3. The fourth-order valence-corrected chi connectivity index (χ4v) is 2.37. The van der Waals surface area contributed by atoms with E-state index in [0.717, 1.165) is 32.8 Å². The van der Waals surface area contributed by atoms with Gasteiger partial charge in [-0.2, -0.15) is 0 Å². The number of hydrogen-bond acceptors (Lipinski definition) is 3. The summed E-state index contributed by atoms with van der Waals surface area (Å²) in [6.45, 7) is 4.69. The van der Waals surface area contributed by atoms with E-state index in [1.165, 1.54) is 16.3 Å². The van der Waals surface area contributed by atoms with E-state index in [9.17, 15) is 0 Å². The monoisotopic (exact) mass is 272 g/mol. The maximum Gasteiger partial charge on any atom is 0.0587 e. The van der Waals surface area contributed by atoms with Crippen molar-refractivity contribution in [2.45, 2.75) is 6.54 Å². The van der Waals surface area contributed by atoms with Crippen molar-refractivity contribution in [3.63, 3.8) is 0 Å². The predicted molar refractivity (Wildman–Crippen MR) is 85.0 cm³/mol. The van der Waals surface area contributed by atoms with Crippen LogP contribution in [-0.2, 0) is 11.3 Å². The molecule has 0 radical (unpaired) electrons. The SMILES string of the molecule is COCCNCCN(C)Cc1cccc2ccccc12. The van der Waals surface area contributed by atoms with Gasteiger partial charge in [-0.15, -0.1) is 0 Å². The van der Waals surface area contributed by atoms with E-state index in [1.807, 2.05) is 0 Å². The summed E-state index contributed by atoms with van der Waals surface area (Å²) in [6, 6.07) is 15.1. The first-order valence-corrected chi connectivity index (χ1v) is 7.16. The molecule has 0 saturated heterocycles. The van der Waals surface area contributed by atoms with Crippen LogP contribution in [0, 0.1) is 0 Å². The van der Waals surface area contributed by atoms with Gasteiger partial charge in [0.1, 0.15) is 0 Å². The van der Waals surface area contributed by atoms with Gasteiger partial charge in [0.05, 0.1) is 6.61 Å². The second kappa shape index (κ2) is 8.00. The summed E-state index contributed by atoms with van der Waals surface area (Å²) in [5.74, 6) is 0. The molecule has 108 valence electrons. The molecule has 0 aliphatic carbocycles. The minimum Gasteiger partial charge on any atom is -0.383 e. The smallest absolute Gasteiger partial charge is 0.0587 e. The molecule has 1 N–H and O–H groups in total. The molecule has 0 heterocycles. The number of benzene rings is 2. The van der Waals surface area contributed by atoms with E-state index in [2.05, 4.69) is 59.7 Å². The largest absolute Gasteiger partial charge is 0.383 e. The first kappa shape index (κ1) is 15.0. The summed E-state index contributed by atoms with van der Waals surface area (Å²) in [5.41, 5.74) is 1.39. The van der Waals surface area contributed by atoms with Crippen molar-refractivity contribution in [1.82, 2.24) is 10.2 Å². The first-order chi connectivity index (χ1) is 9.81. The zero-order valence-electron chi connectivity index (χ0n) is 12.4. The third-order valence-corrected chi connectivity index (χ3v) is 3.47. The van der Waals surface area contributed by atoms with Crippen LogP contribution < -0.4 is 5.32 Å². The zero-order chi connectivity index (χ0) is 14.2. The Morgan fingerprint density at radius 1 is 1.05 bits per heavy atom. The Morgan fingerprint density at radius 3 is 2.70 bits per heavy atom. The van der Waals surface area contributed by atoms with Gasteiger partial charge in [0.15, 0.2) is 0 Å². The second-order valence-electron chi connectivity index (χ2n) is 5.12. The summed E-state index contributed by atoms with van der Waals surface area (Å²) >= 11 is 0. The van der Waals surface area contributed by atoms with Crippen LogP contribution in [0.3, 0.4) is 0 Å². The van der Waals surface area contributed by atoms with Gasteiger partial charge in [-0.05, 0) is 23.4 Å². The Kier molecular flexibility index (Phi) is 5.99. The third-order valence-electron chi connectivity index (χ3n) is 3.47. The van der Waals surface area contributed by atoms with Crippen molar-refractivity contribution in [1.29, 1.82) is 0 Å². The molecule has 2 aromatic carbocycles. The Balaban J connectivity index is 1.88. The Labute approximate surface area is 121 Å². The van der Waals surface area contributed by atoms with Gasteiger partial charge in [-0.1, -0.05) is 42.5 Å². The molecule has 2 rings (SSSR count). The van der Waals surface area contributed by atoms with Crippen LogP contribution in [0.4, 0.5) is 0 Å². The van der Waals surface area contributed by atoms with Gasteiger partial charge < -0.3 is 15.0 Å². The molecule has 0 saturated carbocycles. The summed E-state index contributed by atoms with van der Waals surface area (Å²) in [5, 5.41) is 6.05. The summed E-state index contributed by atoms with van der Waals surface area (Å²) < 4.78 is 5.02. The molecule has 0 unspecified atom stereocenters. The van der Waals surface area contributed by atoms with Gasteiger partial charge >= 0.3 is 0 Å². The molecule has 3 nitrogen and oxygen atoms in total. The highest BCUT2D eigenvalue weighted by Gasteiger charge is 2.03. The highest BCUT2D eigenvalue weighted by Crippen LogP contribution is 2.19. The summed E-state index contributed by atoms with van der Waals surface area (Å²) in [7, 11) is 3.90. The molecular formula is C17H24N2O. The minimum atomic E-state index is 0.771. The van der Waals surface area contributed by atoms with Crippen LogP contribution in [0.5, 0.6) is 0 Å². The van der Waals surface area contributed by atoms with E-state index >= 15 is 0 Å². The van der Waals surface area contributed by atoms with Crippen LogP contribution in [-0.4, -0.2) is 45.3 Å². The molecule has 0 atom stereocenters. The first-order valence-electron chi connectivity index (χ1n) is 7.16. The van der Waals surface area contributed by atoms with Gasteiger partial charge in [0.25, 0.3) is 0 Å². The number of likely N-dealkylation sites (N-methyl/N-ethyl adjacent to an activating group) is 1. The maximum absolute atomic E-state index is 5.02. The maximum atomic E-state index is 5.02. The Hall–Kier alpha value is -1.42. The topological polar surface area (TPSA) is 24.5 Å². The molecule has 0 spiro atoms.